The van der Waals surface area contributed by atoms with Crippen LogP contribution in [-0.2, 0) is 14.8 Å². The molecule has 0 aliphatic carbocycles. The summed E-state index contributed by atoms with van der Waals surface area (Å²) in [4.78, 5) is 14.7. The van der Waals surface area contributed by atoms with Gasteiger partial charge in [-0.2, -0.15) is 4.31 Å². The second-order valence-electron chi connectivity index (χ2n) is 7.30. The minimum Gasteiger partial charge on any atom is -0.481 e. The predicted molar refractivity (Wildman–Crippen MR) is 113 cm³/mol. The summed E-state index contributed by atoms with van der Waals surface area (Å²) < 4.78 is 32.7. The first kappa shape index (κ1) is 21.3. The first-order chi connectivity index (χ1) is 13.8. The maximum atomic E-state index is 12.8. The van der Waals surface area contributed by atoms with E-state index in [2.05, 4.69) is 10.2 Å². The summed E-state index contributed by atoms with van der Waals surface area (Å²) in [6.45, 7) is 6.01. The van der Waals surface area contributed by atoms with Crippen molar-refractivity contribution < 1.29 is 17.9 Å². The van der Waals surface area contributed by atoms with Crippen LogP contribution in [0.5, 0.6) is 5.75 Å². The number of hydrogen-bond donors (Lipinski definition) is 1. The van der Waals surface area contributed by atoms with Crippen LogP contribution < -0.4 is 10.1 Å². The molecule has 0 radical (unpaired) electrons. The lowest BCUT2D eigenvalue weighted by molar-refractivity contribution is -0.122. The van der Waals surface area contributed by atoms with Crippen LogP contribution >= 0.6 is 0 Å². The smallest absolute Gasteiger partial charge is 0.265 e. The van der Waals surface area contributed by atoms with E-state index in [1.54, 1.807) is 25.1 Å². The van der Waals surface area contributed by atoms with Crippen molar-refractivity contribution in [1.29, 1.82) is 0 Å². The lowest BCUT2D eigenvalue weighted by Gasteiger charge is -2.31. The Hall–Kier alpha value is -2.42. The summed E-state index contributed by atoms with van der Waals surface area (Å²) in [7, 11) is -1.55. The van der Waals surface area contributed by atoms with Gasteiger partial charge in [0, 0.05) is 31.9 Å². The highest BCUT2D eigenvalue weighted by Gasteiger charge is 2.27. The number of anilines is 1. The van der Waals surface area contributed by atoms with Crippen molar-refractivity contribution in [2.24, 2.45) is 0 Å². The summed E-state index contributed by atoms with van der Waals surface area (Å²) >= 11 is 0. The Kier molecular flexibility index (Phi) is 6.56. The third-order valence-electron chi connectivity index (χ3n) is 4.89. The van der Waals surface area contributed by atoms with E-state index in [1.165, 1.54) is 16.4 Å². The third kappa shape index (κ3) is 5.35. The van der Waals surface area contributed by atoms with Crippen LogP contribution in [0.25, 0.3) is 0 Å². The fourth-order valence-electron chi connectivity index (χ4n) is 3.08. The molecule has 0 bridgehead atoms. The molecule has 1 fully saturated rings. The first-order valence-corrected chi connectivity index (χ1v) is 11.0. The molecule has 2 aromatic rings. The van der Waals surface area contributed by atoms with Gasteiger partial charge in [0.05, 0.1) is 4.90 Å². The standard InChI is InChI=1S/C21H27N3O4S/c1-16-5-4-6-19(15-16)28-17(2)21(25)22-18-7-9-20(10-8-18)29(26,27)24-13-11-23(3)12-14-24/h4-10,15,17H,11-14H2,1-3H3,(H,22,25). The van der Waals surface area contributed by atoms with E-state index in [0.29, 0.717) is 37.6 Å². The first-order valence-electron chi connectivity index (χ1n) is 9.58. The SMILES string of the molecule is Cc1cccc(OC(C)C(=O)Nc2ccc(S(=O)(=O)N3CCN(C)CC3)cc2)c1. The molecule has 1 aliphatic rings. The Balaban J connectivity index is 1.61. The zero-order chi connectivity index (χ0) is 21.0. The Bertz CT molecular complexity index is 952. The van der Waals surface area contributed by atoms with E-state index < -0.39 is 16.1 Å². The van der Waals surface area contributed by atoms with E-state index in [9.17, 15) is 13.2 Å². The molecule has 7 nitrogen and oxygen atoms in total. The summed E-state index contributed by atoms with van der Waals surface area (Å²) in [5, 5.41) is 2.76. The lowest BCUT2D eigenvalue weighted by atomic mass is 10.2. The zero-order valence-corrected chi connectivity index (χ0v) is 17.8. The Labute approximate surface area is 172 Å². The molecule has 156 valence electrons. The number of benzene rings is 2. The number of carbonyl (C=O) groups is 1. The number of nitrogens with zero attached hydrogens (tertiary/aromatic N) is 2. The molecular formula is C21H27N3O4S. The van der Waals surface area contributed by atoms with Gasteiger partial charge in [-0.05, 0) is 62.9 Å². The average Bonchev–Trinajstić information content (AvgIpc) is 2.68. The van der Waals surface area contributed by atoms with Crippen molar-refractivity contribution in [3.63, 3.8) is 0 Å². The van der Waals surface area contributed by atoms with Crippen LogP contribution in [-0.4, -0.2) is 62.9 Å². The van der Waals surface area contributed by atoms with Gasteiger partial charge < -0.3 is 15.0 Å². The van der Waals surface area contributed by atoms with Gasteiger partial charge in [0.1, 0.15) is 5.75 Å². The number of piperazine rings is 1. The molecule has 1 atom stereocenters. The van der Waals surface area contributed by atoms with Crippen LogP contribution in [0, 0.1) is 6.92 Å². The van der Waals surface area contributed by atoms with Crippen LogP contribution in [0.3, 0.4) is 0 Å². The van der Waals surface area contributed by atoms with E-state index >= 15 is 0 Å². The molecule has 1 unspecified atom stereocenters. The number of hydrogen-bond acceptors (Lipinski definition) is 5. The van der Waals surface area contributed by atoms with Crippen molar-refractivity contribution in [1.82, 2.24) is 9.21 Å². The minimum atomic E-state index is -3.52. The Morgan fingerprint density at radius 1 is 1.07 bits per heavy atom. The van der Waals surface area contributed by atoms with E-state index in [4.69, 9.17) is 4.74 Å². The summed E-state index contributed by atoms with van der Waals surface area (Å²) in [6.07, 6.45) is -0.689. The van der Waals surface area contributed by atoms with E-state index in [0.717, 1.165) is 5.56 Å². The Morgan fingerprint density at radius 3 is 2.34 bits per heavy atom. The monoisotopic (exact) mass is 417 g/mol. The number of ether oxygens (including phenoxy) is 1. The van der Waals surface area contributed by atoms with Crippen LogP contribution in [0.15, 0.2) is 53.4 Å². The largest absolute Gasteiger partial charge is 0.481 e. The second kappa shape index (κ2) is 8.94. The fourth-order valence-corrected chi connectivity index (χ4v) is 4.50. The van der Waals surface area contributed by atoms with Crippen molar-refractivity contribution in [2.75, 3.05) is 38.5 Å². The molecule has 1 N–H and O–H groups in total. The molecule has 1 heterocycles. The van der Waals surface area contributed by atoms with Gasteiger partial charge in [-0.1, -0.05) is 12.1 Å². The molecule has 0 spiro atoms. The van der Waals surface area contributed by atoms with Gasteiger partial charge in [-0.25, -0.2) is 8.42 Å². The van der Waals surface area contributed by atoms with Gasteiger partial charge in [0.25, 0.3) is 5.91 Å². The highest BCUT2D eigenvalue weighted by Crippen LogP contribution is 2.20. The van der Waals surface area contributed by atoms with Crippen molar-refractivity contribution in [3.05, 3.63) is 54.1 Å². The van der Waals surface area contributed by atoms with Crippen molar-refractivity contribution in [3.8, 4) is 5.75 Å². The molecule has 0 aromatic heterocycles. The minimum absolute atomic E-state index is 0.226. The Morgan fingerprint density at radius 2 is 1.72 bits per heavy atom. The molecular weight excluding hydrogens is 390 g/mol. The summed E-state index contributed by atoms with van der Waals surface area (Å²) in [5.41, 5.74) is 1.57. The molecule has 8 heteroatoms. The summed E-state index contributed by atoms with van der Waals surface area (Å²) in [5.74, 6) is 0.322. The number of sulfonamides is 1. The van der Waals surface area contributed by atoms with Gasteiger partial charge in [0.15, 0.2) is 6.10 Å². The summed E-state index contributed by atoms with van der Waals surface area (Å²) in [6, 6.07) is 13.7. The number of amides is 1. The van der Waals surface area contributed by atoms with Crippen molar-refractivity contribution >= 4 is 21.6 Å². The van der Waals surface area contributed by atoms with Crippen LogP contribution in [0.4, 0.5) is 5.69 Å². The molecule has 29 heavy (non-hydrogen) atoms. The van der Waals surface area contributed by atoms with Crippen molar-refractivity contribution in [2.45, 2.75) is 24.8 Å². The maximum Gasteiger partial charge on any atom is 0.265 e. The quantitative estimate of drug-likeness (QED) is 0.781. The molecule has 2 aromatic carbocycles. The molecule has 3 rings (SSSR count). The molecule has 1 aliphatic heterocycles. The second-order valence-corrected chi connectivity index (χ2v) is 9.24. The molecule has 0 saturated carbocycles. The maximum absolute atomic E-state index is 12.8. The average molecular weight is 418 g/mol. The highest BCUT2D eigenvalue weighted by atomic mass is 32.2. The van der Waals surface area contributed by atoms with Gasteiger partial charge >= 0.3 is 0 Å². The fraction of sp³-hybridized carbons (Fsp3) is 0.381. The molecule has 1 saturated heterocycles. The van der Waals surface area contributed by atoms with Gasteiger partial charge in [-0.15, -0.1) is 0 Å². The topological polar surface area (TPSA) is 78.9 Å². The zero-order valence-electron chi connectivity index (χ0n) is 17.0. The third-order valence-corrected chi connectivity index (χ3v) is 6.81. The predicted octanol–water partition coefficient (Wildman–Crippen LogP) is 2.34. The van der Waals surface area contributed by atoms with Gasteiger partial charge in [0.2, 0.25) is 10.0 Å². The van der Waals surface area contributed by atoms with Gasteiger partial charge in [-0.3, -0.25) is 4.79 Å². The number of aryl methyl sites for hydroxylation is 1. The number of carbonyl (C=O) groups excluding carboxylic acids is 1. The number of nitrogens with one attached hydrogen (secondary N) is 1. The molecule has 1 amide bonds. The highest BCUT2D eigenvalue weighted by molar-refractivity contribution is 7.89. The lowest BCUT2D eigenvalue weighted by Crippen LogP contribution is -2.46. The number of likely N-dealkylation sites (N-methyl/N-ethyl adjacent to an activating group) is 1. The van der Waals surface area contributed by atoms with E-state index in [1.807, 2.05) is 32.2 Å². The van der Waals surface area contributed by atoms with Crippen LogP contribution in [0.2, 0.25) is 0 Å². The van der Waals surface area contributed by atoms with Crippen LogP contribution in [0.1, 0.15) is 12.5 Å². The normalized spacial score (nSPS) is 16.9. The number of rotatable bonds is 6. The van der Waals surface area contributed by atoms with E-state index in [-0.39, 0.29) is 10.8 Å².